The molecule has 94 valence electrons. The summed E-state index contributed by atoms with van der Waals surface area (Å²) in [7, 11) is 0. The van der Waals surface area contributed by atoms with Crippen molar-refractivity contribution < 1.29 is 4.79 Å². The molecular formula is C13H19BrN2O. The zero-order chi connectivity index (χ0) is 12.8. The van der Waals surface area contributed by atoms with Crippen LogP contribution in [0.1, 0.15) is 31.7 Å². The molecule has 0 saturated carbocycles. The Labute approximate surface area is 111 Å². The molecule has 0 aliphatic rings. The van der Waals surface area contributed by atoms with Gasteiger partial charge in [-0.2, -0.15) is 0 Å². The van der Waals surface area contributed by atoms with Crippen molar-refractivity contribution in [3.8, 4) is 0 Å². The summed E-state index contributed by atoms with van der Waals surface area (Å²) in [5.74, 6) is 0.0372. The zero-order valence-corrected chi connectivity index (χ0v) is 11.9. The van der Waals surface area contributed by atoms with E-state index in [0.29, 0.717) is 6.42 Å². The number of halogens is 1. The molecule has 0 radical (unpaired) electrons. The molecule has 17 heavy (non-hydrogen) atoms. The summed E-state index contributed by atoms with van der Waals surface area (Å²) in [5.41, 5.74) is 7.61. The van der Waals surface area contributed by atoms with Gasteiger partial charge in [-0.15, -0.1) is 0 Å². The minimum atomic E-state index is 0.0372. The van der Waals surface area contributed by atoms with E-state index in [2.05, 4.69) is 21.2 Å². The molecule has 0 bridgehead atoms. The number of amides is 1. The minimum Gasteiger partial charge on any atom is -0.328 e. The smallest absolute Gasteiger partial charge is 0.224 e. The van der Waals surface area contributed by atoms with Gasteiger partial charge in [0.25, 0.3) is 0 Å². The Morgan fingerprint density at radius 1 is 1.53 bits per heavy atom. The van der Waals surface area contributed by atoms with Crippen LogP contribution >= 0.6 is 15.9 Å². The van der Waals surface area contributed by atoms with E-state index in [1.807, 2.05) is 32.0 Å². The first-order chi connectivity index (χ1) is 7.99. The lowest BCUT2D eigenvalue weighted by Crippen LogP contribution is -2.17. The van der Waals surface area contributed by atoms with Crippen LogP contribution in [-0.2, 0) is 4.79 Å². The summed E-state index contributed by atoms with van der Waals surface area (Å²) in [5, 5.41) is 2.88. The average Bonchev–Trinajstić information content (AvgIpc) is 2.21. The van der Waals surface area contributed by atoms with Gasteiger partial charge in [0.2, 0.25) is 5.91 Å². The second-order valence-electron chi connectivity index (χ2n) is 4.40. The van der Waals surface area contributed by atoms with Crippen molar-refractivity contribution in [1.29, 1.82) is 0 Å². The molecule has 1 rings (SSSR count). The summed E-state index contributed by atoms with van der Waals surface area (Å²) >= 11 is 3.43. The molecule has 0 aliphatic heterocycles. The van der Waals surface area contributed by atoms with Crippen LogP contribution < -0.4 is 11.1 Å². The maximum absolute atomic E-state index is 11.7. The second-order valence-corrected chi connectivity index (χ2v) is 5.26. The van der Waals surface area contributed by atoms with E-state index in [4.69, 9.17) is 5.73 Å². The lowest BCUT2D eigenvalue weighted by Gasteiger charge is -2.08. The normalized spacial score (nSPS) is 12.2. The Morgan fingerprint density at radius 2 is 2.24 bits per heavy atom. The first-order valence-electron chi connectivity index (χ1n) is 5.80. The van der Waals surface area contributed by atoms with Crippen LogP contribution in [0.5, 0.6) is 0 Å². The molecule has 0 fully saturated rings. The predicted octanol–water partition coefficient (Wildman–Crippen LogP) is 3.21. The number of hydrogen-bond acceptors (Lipinski definition) is 2. The van der Waals surface area contributed by atoms with Crippen molar-refractivity contribution >= 4 is 27.5 Å². The number of nitrogens with two attached hydrogens (primary N) is 1. The minimum absolute atomic E-state index is 0.0372. The summed E-state index contributed by atoms with van der Waals surface area (Å²) in [4.78, 5) is 11.7. The van der Waals surface area contributed by atoms with Crippen molar-refractivity contribution in [3.05, 3.63) is 28.2 Å². The van der Waals surface area contributed by atoms with Gasteiger partial charge in [0.1, 0.15) is 0 Å². The Morgan fingerprint density at radius 3 is 2.82 bits per heavy atom. The molecular weight excluding hydrogens is 280 g/mol. The third kappa shape index (κ3) is 5.33. The first kappa shape index (κ1) is 14.2. The molecule has 1 amide bonds. The van der Waals surface area contributed by atoms with Gasteiger partial charge in [0.05, 0.1) is 5.69 Å². The zero-order valence-electron chi connectivity index (χ0n) is 10.3. The number of rotatable bonds is 5. The number of hydrogen-bond donors (Lipinski definition) is 2. The maximum atomic E-state index is 11.7. The largest absolute Gasteiger partial charge is 0.328 e. The van der Waals surface area contributed by atoms with Gasteiger partial charge in [0, 0.05) is 16.9 Å². The number of aryl methyl sites for hydroxylation is 1. The topological polar surface area (TPSA) is 55.1 Å². The van der Waals surface area contributed by atoms with E-state index in [1.165, 1.54) is 0 Å². The van der Waals surface area contributed by atoms with E-state index in [1.54, 1.807) is 0 Å². The SMILES string of the molecule is Cc1ccc(NC(=O)CCCC(C)N)c(Br)c1. The molecule has 0 heterocycles. The van der Waals surface area contributed by atoms with Crippen LogP contribution in [0.25, 0.3) is 0 Å². The molecule has 1 aromatic rings. The first-order valence-corrected chi connectivity index (χ1v) is 6.60. The molecule has 1 atom stereocenters. The predicted molar refractivity (Wildman–Crippen MR) is 75.0 cm³/mol. The fourth-order valence-electron chi connectivity index (χ4n) is 1.52. The van der Waals surface area contributed by atoms with Crippen LogP contribution in [0.4, 0.5) is 5.69 Å². The van der Waals surface area contributed by atoms with Crippen LogP contribution in [0.3, 0.4) is 0 Å². The monoisotopic (exact) mass is 298 g/mol. The van der Waals surface area contributed by atoms with Gasteiger partial charge < -0.3 is 11.1 Å². The number of nitrogens with one attached hydrogen (secondary N) is 1. The van der Waals surface area contributed by atoms with Crippen molar-refractivity contribution in [2.45, 2.75) is 39.2 Å². The maximum Gasteiger partial charge on any atom is 0.224 e. The van der Waals surface area contributed by atoms with E-state index in [0.717, 1.165) is 28.6 Å². The van der Waals surface area contributed by atoms with Gasteiger partial charge in [-0.1, -0.05) is 6.07 Å². The Kier molecular flexibility index (Phi) is 5.65. The number of carbonyl (C=O) groups is 1. The molecule has 3 N–H and O–H groups in total. The van der Waals surface area contributed by atoms with Crippen LogP contribution in [0.2, 0.25) is 0 Å². The molecule has 0 aliphatic carbocycles. The van der Waals surface area contributed by atoms with Crippen molar-refractivity contribution in [1.82, 2.24) is 0 Å². The molecule has 4 heteroatoms. The van der Waals surface area contributed by atoms with Gasteiger partial charge in [0.15, 0.2) is 0 Å². The second kappa shape index (κ2) is 6.77. The van der Waals surface area contributed by atoms with Gasteiger partial charge in [-0.25, -0.2) is 0 Å². The fraction of sp³-hybridized carbons (Fsp3) is 0.462. The van der Waals surface area contributed by atoms with Gasteiger partial charge >= 0.3 is 0 Å². The van der Waals surface area contributed by atoms with Crippen LogP contribution in [0.15, 0.2) is 22.7 Å². The van der Waals surface area contributed by atoms with Gasteiger partial charge in [-0.05, 0) is 60.3 Å². The van der Waals surface area contributed by atoms with E-state index in [9.17, 15) is 4.79 Å². The fourth-order valence-corrected chi connectivity index (χ4v) is 2.11. The molecule has 0 aromatic heterocycles. The van der Waals surface area contributed by atoms with E-state index in [-0.39, 0.29) is 11.9 Å². The summed E-state index contributed by atoms with van der Waals surface area (Å²) in [6.07, 6.45) is 2.22. The molecule has 1 aromatic carbocycles. The van der Waals surface area contributed by atoms with Crippen LogP contribution in [0, 0.1) is 6.92 Å². The lowest BCUT2D eigenvalue weighted by atomic mass is 10.1. The highest BCUT2D eigenvalue weighted by Gasteiger charge is 2.06. The van der Waals surface area contributed by atoms with E-state index >= 15 is 0 Å². The summed E-state index contributed by atoms with van der Waals surface area (Å²) in [6.45, 7) is 3.97. The quantitative estimate of drug-likeness (QED) is 0.877. The number of anilines is 1. The Hall–Kier alpha value is -0.870. The highest BCUT2D eigenvalue weighted by Crippen LogP contribution is 2.23. The molecule has 0 saturated heterocycles. The van der Waals surface area contributed by atoms with Crippen molar-refractivity contribution in [2.24, 2.45) is 5.73 Å². The molecule has 0 spiro atoms. The van der Waals surface area contributed by atoms with E-state index < -0.39 is 0 Å². The third-order valence-corrected chi connectivity index (χ3v) is 3.12. The van der Waals surface area contributed by atoms with Crippen molar-refractivity contribution in [3.63, 3.8) is 0 Å². The Balaban J connectivity index is 2.45. The number of carbonyl (C=O) groups excluding carboxylic acids is 1. The summed E-state index contributed by atoms with van der Waals surface area (Å²) in [6, 6.07) is 6.02. The standard InChI is InChI=1S/C13H19BrN2O/c1-9-6-7-12(11(14)8-9)16-13(17)5-3-4-10(2)15/h6-8,10H,3-5,15H2,1-2H3,(H,16,17). The summed E-state index contributed by atoms with van der Waals surface area (Å²) < 4.78 is 0.915. The number of benzene rings is 1. The molecule has 1 unspecified atom stereocenters. The third-order valence-electron chi connectivity index (χ3n) is 2.46. The molecule has 3 nitrogen and oxygen atoms in total. The van der Waals surface area contributed by atoms with Crippen molar-refractivity contribution in [2.75, 3.05) is 5.32 Å². The van der Waals surface area contributed by atoms with Gasteiger partial charge in [-0.3, -0.25) is 4.79 Å². The highest BCUT2D eigenvalue weighted by atomic mass is 79.9. The Bertz CT molecular complexity index is 391. The lowest BCUT2D eigenvalue weighted by molar-refractivity contribution is -0.116. The van der Waals surface area contributed by atoms with Crippen LogP contribution in [-0.4, -0.2) is 11.9 Å². The average molecular weight is 299 g/mol. The highest BCUT2D eigenvalue weighted by molar-refractivity contribution is 9.10.